The van der Waals surface area contributed by atoms with Gasteiger partial charge in [-0.15, -0.1) is 0 Å². The SMILES string of the molecule is CC(O)(P(=O)([O-])[O-])P(=O)([O-])[O-].[K+].[K+]. The van der Waals surface area contributed by atoms with Gasteiger partial charge in [-0.25, -0.2) is 0 Å². The van der Waals surface area contributed by atoms with Crippen LogP contribution in [0.3, 0.4) is 0 Å². The van der Waals surface area contributed by atoms with Gasteiger partial charge in [0.05, 0.1) is 0 Å². The van der Waals surface area contributed by atoms with Crippen LogP contribution in [0.25, 0.3) is 0 Å². The second-order valence-electron chi connectivity index (χ2n) is 1.97. The summed E-state index contributed by atoms with van der Waals surface area (Å²) in [5.41, 5.74) is 0. The molecule has 0 saturated heterocycles. The van der Waals surface area contributed by atoms with Crippen molar-refractivity contribution in [2.75, 3.05) is 0 Å². The van der Waals surface area contributed by atoms with Crippen molar-refractivity contribution in [3.05, 3.63) is 0 Å². The molecule has 0 saturated carbocycles. The molecule has 0 aromatic carbocycles. The molecule has 0 aliphatic carbocycles. The van der Waals surface area contributed by atoms with E-state index in [9.17, 15) is 28.7 Å². The van der Waals surface area contributed by atoms with E-state index in [2.05, 4.69) is 0 Å². The molecule has 0 aliphatic rings. The Balaban J connectivity index is -0.000000500. The first-order valence-corrected chi connectivity index (χ1v) is 5.35. The van der Waals surface area contributed by atoms with Crippen LogP contribution in [0.4, 0.5) is 0 Å². The van der Waals surface area contributed by atoms with Gasteiger partial charge in [-0.1, -0.05) is 0 Å². The summed E-state index contributed by atoms with van der Waals surface area (Å²) in [5.74, 6) is 0. The molecular formula is C2H4K2O7P2-2. The second-order valence-corrected chi connectivity index (χ2v) is 6.05. The summed E-state index contributed by atoms with van der Waals surface area (Å²) in [6.45, 7) is 0.133. The molecule has 0 aromatic heterocycles. The third kappa shape index (κ3) is 6.14. The summed E-state index contributed by atoms with van der Waals surface area (Å²) in [6.07, 6.45) is 0. The zero-order valence-corrected chi connectivity index (χ0v) is 15.3. The van der Waals surface area contributed by atoms with Gasteiger partial charge in [0.2, 0.25) is 0 Å². The third-order valence-corrected chi connectivity index (χ3v) is 4.58. The first-order chi connectivity index (χ1) is 4.50. The minimum atomic E-state index is -5.82. The zero-order chi connectivity index (χ0) is 9.50. The van der Waals surface area contributed by atoms with Crippen LogP contribution >= 0.6 is 15.2 Å². The number of hydrogen-bond acceptors (Lipinski definition) is 7. The molecule has 0 aromatic rings. The Morgan fingerprint density at radius 2 is 1.15 bits per heavy atom. The normalized spacial score (nSPS) is 12.8. The topological polar surface area (TPSA) is 147 Å². The van der Waals surface area contributed by atoms with E-state index in [4.69, 9.17) is 5.11 Å². The van der Waals surface area contributed by atoms with E-state index in [1.807, 2.05) is 0 Å². The summed E-state index contributed by atoms with van der Waals surface area (Å²) < 4.78 is 19.9. The van der Waals surface area contributed by atoms with E-state index >= 15 is 0 Å². The fourth-order valence-electron chi connectivity index (χ4n) is 0.150. The van der Waals surface area contributed by atoms with Crippen molar-refractivity contribution in [3.63, 3.8) is 0 Å². The maximum atomic E-state index is 9.95. The second kappa shape index (κ2) is 7.08. The van der Waals surface area contributed by atoms with Crippen LogP contribution in [0.2, 0.25) is 0 Å². The fourth-order valence-corrected chi connectivity index (χ4v) is 1.35. The van der Waals surface area contributed by atoms with Crippen LogP contribution in [0.5, 0.6) is 0 Å². The molecule has 68 valence electrons. The zero-order valence-electron chi connectivity index (χ0n) is 7.29. The Labute approximate surface area is 160 Å². The Morgan fingerprint density at radius 3 is 1.15 bits per heavy atom. The van der Waals surface area contributed by atoms with Crippen molar-refractivity contribution < 1.29 is 137 Å². The fraction of sp³-hybridized carbons (Fsp3) is 1.00. The molecule has 0 bridgehead atoms. The van der Waals surface area contributed by atoms with Crippen LogP contribution in [0.15, 0.2) is 0 Å². The van der Waals surface area contributed by atoms with Gasteiger partial charge in [0, 0.05) is 0 Å². The largest absolute Gasteiger partial charge is 1.00 e. The molecule has 13 heavy (non-hydrogen) atoms. The van der Waals surface area contributed by atoms with E-state index < -0.39 is 20.3 Å². The monoisotopic (exact) mass is 280 g/mol. The van der Waals surface area contributed by atoms with Gasteiger partial charge in [0.1, 0.15) is 5.08 Å². The van der Waals surface area contributed by atoms with Crippen LogP contribution in [-0.4, -0.2) is 10.2 Å². The van der Waals surface area contributed by atoms with Gasteiger partial charge in [-0.2, -0.15) is 0 Å². The molecule has 0 radical (unpaired) electrons. The van der Waals surface area contributed by atoms with E-state index in [-0.39, 0.29) is 110 Å². The maximum Gasteiger partial charge on any atom is 1.00 e. The molecule has 0 unspecified atom stereocenters. The van der Waals surface area contributed by atoms with Crippen LogP contribution < -0.4 is 122 Å². The minimum Gasteiger partial charge on any atom is -0.808 e. The van der Waals surface area contributed by atoms with Crippen molar-refractivity contribution in [3.8, 4) is 0 Å². The molecule has 1 N–H and O–H groups in total. The summed E-state index contributed by atoms with van der Waals surface area (Å²) in [6, 6.07) is 0. The number of hydrogen-bond donors (Lipinski definition) is 1. The first kappa shape index (κ1) is 21.8. The average Bonchev–Trinajstić information content (AvgIpc) is 1.58. The van der Waals surface area contributed by atoms with Crippen LogP contribution in [-0.2, 0) is 9.13 Å². The Morgan fingerprint density at radius 1 is 1.00 bits per heavy atom. The molecule has 0 rings (SSSR count). The number of rotatable bonds is 2. The first-order valence-electron chi connectivity index (χ1n) is 2.27. The van der Waals surface area contributed by atoms with Crippen molar-refractivity contribution in [1.29, 1.82) is 0 Å². The predicted octanol–water partition coefficient (Wildman–Crippen LogP) is -9.51. The molecule has 0 heterocycles. The van der Waals surface area contributed by atoms with Gasteiger partial charge in [0.15, 0.2) is 0 Å². The van der Waals surface area contributed by atoms with Gasteiger partial charge < -0.3 is 33.8 Å². The molecule has 0 atom stereocenters. The molecule has 11 heteroatoms. The van der Waals surface area contributed by atoms with Gasteiger partial charge in [0.25, 0.3) is 0 Å². The molecule has 0 aliphatic heterocycles. The van der Waals surface area contributed by atoms with Crippen molar-refractivity contribution in [2.24, 2.45) is 0 Å². The van der Waals surface area contributed by atoms with E-state index in [0.29, 0.717) is 0 Å². The van der Waals surface area contributed by atoms with Crippen LogP contribution in [0.1, 0.15) is 6.92 Å². The van der Waals surface area contributed by atoms with E-state index in [1.165, 1.54) is 0 Å². The quantitative estimate of drug-likeness (QED) is 0.390. The van der Waals surface area contributed by atoms with Gasteiger partial charge >= 0.3 is 103 Å². The predicted molar refractivity (Wildman–Crippen MR) is 25.8 cm³/mol. The average molecular weight is 280 g/mol. The molecule has 0 amide bonds. The standard InChI is InChI=1S/C2H8O7P2.2K/c1-2(3,10(4,5)6)11(7,8)9;;/h3H,1H3,(H2,4,5,6)(H2,7,8,9);;/q;2*+1/p-4. The van der Waals surface area contributed by atoms with E-state index in [0.717, 1.165) is 0 Å². The van der Waals surface area contributed by atoms with Crippen molar-refractivity contribution in [1.82, 2.24) is 0 Å². The van der Waals surface area contributed by atoms with Crippen molar-refractivity contribution in [2.45, 2.75) is 12.0 Å². The Kier molecular flexibility index (Phi) is 11.9. The summed E-state index contributed by atoms with van der Waals surface area (Å²) in [5, 5.41) is 4.68. The summed E-state index contributed by atoms with van der Waals surface area (Å²) in [7, 11) is -11.6. The van der Waals surface area contributed by atoms with Crippen molar-refractivity contribution >= 4 is 15.2 Å². The molecule has 0 fully saturated rings. The molecule has 0 spiro atoms. The smallest absolute Gasteiger partial charge is 0.808 e. The van der Waals surface area contributed by atoms with E-state index in [1.54, 1.807) is 0 Å². The van der Waals surface area contributed by atoms with Gasteiger partial charge in [-0.05, 0) is 22.1 Å². The third-order valence-electron chi connectivity index (χ3n) is 1.04. The minimum absolute atomic E-state index is 0. The Hall–Kier alpha value is 3.53. The van der Waals surface area contributed by atoms with Gasteiger partial charge in [-0.3, -0.25) is 0 Å². The summed E-state index contributed by atoms with van der Waals surface area (Å²) >= 11 is 0. The summed E-state index contributed by atoms with van der Waals surface area (Å²) in [4.78, 5) is 39.8. The van der Waals surface area contributed by atoms with Crippen LogP contribution in [0, 0.1) is 0 Å². The molecular weight excluding hydrogens is 276 g/mol. The Bertz CT molecular complexity index is 215. The number of aliphatic hydroxyl groups is 1. The maximum absolute atomic E-state index is 9.95. The molecule has 7 nitrogen and oxygen atoms in total.